The van der Waals surface area contributed by atoms with Crippen molar-refractivity contribution in [2.24, 2.45) is 0 Å². The van der Waals surface area contributed by atoms with Crippen molar-refractivity contribution in [1.29, 1.82) is 0 Å². The molecule has 5 nitrogen and oxygen atoms in total. The lowest BCUT2D eigenvalue weighted by atomic mass is 10.2. The van der Waals surface area contributed by atoms with Crippen LogP contribution in [0.25, 0.3) is 11.2 Å². The SMILES string of the molecule is O=C1CCC(Cn2c(CCCl)nc3cc(Cl)cnc32)N1. The first-order valence-corrected chi connectivity index (χ1v) is 7.44. The smallest absolute Gasteiger partial charge is 0.220 e. The molecule has 20 heavy (non-hydrogen) atoms. The molecular formula is C13H14Cl2N4O. The van der Waals surface area contributed by atoms with Crippen molar-refractivity contribution >= 4 is 40.3 Å². The number of amides is 1. The van der Waals surface area contributed by atoms with Crippen molar-refractivity contribution in [3.8, 4) is 0 Å². The van der Waals surface area contributed by atoms with Crippen molar-refractivity contribution in [1.82, 2.24) is 19.9 Å². The molecular weight excluding hydrogens is 299 g/mol. The van der Waals surface area contributed by atoms with Gasteiger partial charge in [0.1, 0.15) is 11.3 Å². The molecule has 3 rings (SSSR count). The van der Waals surface area contributed by atoms with E-state index in [9.17, 15) is 4.79 Å². The molecule has 3 heterocycles. The van der Waals surface area contributed by atoms with Crippen LogP contribution >= 0.6 is 23.2 Å². The number of nitrogens with one attached hydrogen (secondary N) is 1. The van der Waals surface area contributed by atoms with E-state index in [1.165, 1.54) is 0 Å². The number of carbonyl (C=O) groups is 1. The first kappa shape index (κ1) is 13.6. The monoisotopic (exact) mass is 312 g/mol. The summed E-state index contributed by atoms with van der Waals surface area (Å²) in [6.45, 7) is 0.670. The van der Waals surface area contributed by atoms with Crippen LogP contribution in [0.3, 0.4) is 0 Å². The number of halogens is 2. The summed E-state index contributed by atoms with van der Waals surface area (Å²) in [7, 11) is 0. The normalized spacial score (nSPS) is 18.7. The lowest BCUT2D eigenvalue weighted by molar-refractivity contribution is -0.119. The molecule has 1 N–H and O–H groups in total. The molecule has 0 aromatic carbocycles. The number of hydrogen-bond donors (Lipinski definition) is 1. The van der Waals surface area contributed by atoms with E-state index < -0.39 is 0 Å². The first-order valence-electron chi connectivity index (χ1n) is 6.53. The van der Waals surface area contributed by atoms with Gasteiger partial charge in [-0.2, -0.15) is 0 Å². The van der Waals surface area contributed by atoms with Gasteiger partial charge in [0, 0.05) is 37.5 Å². The van der Waals surface area contributed by atoms with Gasteiger partial charge in [0.25, 0.3) is 0 Å². The summed E-state index contributed by atoms with van der Waals surface area (Å²) in [6, 6.07) is 1.93. The third-order valence-corrected chi connectivity index (χ3v) is 3.83. The summed E-state index contributed by atoms with van der Waals surface area (Å²) >= 11 is 11.8. The summed E-state index contributed by atoms with van der Waals surface area (Å²) in [5.74, 6) is 1.48. The second-order valence-corrected chi connectivity index (χ2v) is 5.69. The topological polar surface area (TPSA) is 59.8 Å². The lowest BCUT2D eigenvalue weighted by Crippen LogP contribution is -2.30. The molecule has 1 saturated heterocycles. The summed E-state index contributed by atoms with van der Waals surface area (Å²) in [4.78, 5) is 20.2. The van der Waals surface area contributed by atoms with E-state index in [1.807, 2.05) is 4.57 Å². The molecule has 2 aromatic rings. The Morgan fingerprint density at radius 3 is 3.05 bits per heavy atom. The van der Waals surface area contributed by atoms with Crippen LogP contribution in [0.1, 0.15) is 18.7 Å². The Morgan fingerprint density at radius 2 is 2.35 bits per heavy atom. The van der Waals surface area contributed by atoms with Crippen molar-refractivity contribution < 1.29 is 4.79 Å². The number of fused-ring (bicyclic) bond motifs is 1. The van der Waals surface area contributed by atoms with Gasteiger partial charge in [-0.1, -0.05) is 11.6 Å². The van der Waals surface area contributed by atoms with Gasteiger partial charge in [-0.05, 0) is 12.5 Å². The molecule has 1 amide bonds. The van der Waals surface area contributed by atoms with Crippen molar-refractivity contribution in [3.05, 3.63) is 23.1 Å². The minimum absolute atomic E-state index is 0.106. The molecule has 106 valence electrons. The van der Waals surface area contributed by atoms with Gasteiger partial charge in [0.2, 0.25) is 5.91 Å². The zero-order valence-corrected chi connectivity index (χ0v) is 12.3. The molecule has 1 unspecified atom stereocenters. The number of carbonyl (C=O) groups excluding carboxylic acids is 1. The van der Waals surface area contributed by atoms with Crippen LogP contribution in [0.15, 0.2) is 12.3 Å². The average Bonchev–Trinajstić information content (AvgIpc) is 2.95. The molecule has 7 heteroatoms. The Kier molecular flexibility index (Phi) is 3.81. The van der Waals surface area contributed by atoms with Crippen LogP contribution in [0.5, 0.6) is 0 Å². The molecule has 2 aromatic heterocycles. The summed E-state index contributed by atoms with van der Waals surface area (Å²) in [6.07, 6.45) is 3.70. The maximum Gasteiger partial charge on any atom is 0.220 e. The Bertz CT molecular complexity index is 655. The third kappa shape index (κ3) is 2.60. The number of aryl methyl sites for hydroxylation is 1. The largest absolute Gasteiger partial charge is 0.352 e. The number of alkyl halides is 1. The maximum absolute atomic E-state index is 11.3. The van der Waals surface area contributed by atoms with E-state index in [-0.39, 0.29) is 11.9 Å². The Balaban J connectivity index is 1.97. The fourth-order valence-corrected chi connectivity index (χ4v) is 2.86. The van der Waals surface area contributed by atoms with Gasteiger partial charge in [0.05, 0.1) is 5.02 Å². The highest BCUT2D eigenvalue weighted by Crippen LogP contribution is 2.20. The number of aromatic nitrogens is 3. The van der Waals surface area contributed by atoms with Crippen molar-refractivity contribution in [2.75, 3.05) is 5.88 Å². The fourth-order valence-electron chi connectivity index (χ4n) is 2.54. The minimum atomic E-state index is 0.106. The zero-order valence-electron chi connectivity index (χ0n) is 10.8. The molecule has 0 radical (unpaired) electrons. The highest BCUT2D eigenvalue weighted by molar-refractivity contribution is 6.31. The van der Waals surface area contributed by atoms with E-state index >= 15 is 0 Å². The number of rotatable bonds is 4. The van der Waals surface area contributed by atoms with Crippen LogP contribution in [0, 0.1) is 0 Å². The highest BCUT2D eigenvalue weighted by Gasteiger charge is 2.23. The number of hydrogen-bond acceptors (Lipinski definition) is 3. The minimum Gasteiger partial charge on any atom is -0.352 e. The average molecular weight is 313 g/mol. The fraction of sp³-hybridized carbons (Fsp3) is 0.462. The Hall–Kier alpha value is -1.33. The van der Waals surface area contributed by atoms with Crippen LogP contribution in [0.4, 0.5) is 0 Å². The maximum atomic E-state index is 11.3. The van der Waals surface area contributed by atoms with E-state index in [0.29, 0.717) is 30.3 Å². The van der Waals surface area contributed by atoms with Crippen LogP contribution in [-0.2, 0) is 17.8 Å². The lowest BCUT2D eigenvalue weighted by Gasteiger charge is -2.13. The number of pyridine rings is 1. The van der Waals surface area contributed by atoms with Gasteiger partial charge in [-0.15, -0.1) is 11.6 Å². The van der Waals surface area contributed by atoms with Gasteiger partial charge in [-0.3, -0.25) is 4.79 Å². The van der Waals surface area contributed by atoms with Gasteiger partial charge >= 0.3 is 0 Å². The molecule has 0 spiro atoms. The molecule has 1 aliphatic heterocycles. The van der Waals surface area contributed by atoms with Crippen LogP contribution in [-0.4, -0.2) is 32.4 Å². The van der Waals surface area contributed by atoms with Crippen LogP contribution < -0.4 is 5.32 Å². The molecule has 1 aliphatic rings. The van der Waals surface area contributed by atoms with E-state index in [1.54, 1.807) is 12.3 Å². The molecule has 0 saturated carbocycles. The summed E-state index contributed by atoms with van der Waals surface area (Å²) < 4.78 is 2.03. The van der Waals surface area contributed by atoms with E-state index in [2.05, 4.69) is 15.3 Å². The van der Waals surface area contributed by atoms with E-state index in [0.717, 1.165) is 23.4 Å². The molecule has 1 fully saturated rings. The van der Waals surface area contributed by atoms with Crippen molar-refractivity contribution in [3.63, 3.8) is 0 Å². The highest BCUT2D eigenvalue weighted by atomic mass is 35.5. The van der Waals surface area contributed by atoms with Gasteiger partial charge < -0.3 is 9.88 Å². The number of imidazole rings is 1. The number of nitrogens with zero attached hydrogens (tertiary/aromatic N) is 3. The Morgan fingerprint density at radius 1 is 1.50 bits per heavy atom. The quantitative estimate of drug-likeness (QED) is 0.880. The molecule has 1 atom stereocenters. The van der Waals surface area contributed by atoms with E-state index in [4.69, 9.17) is 23.2 Å². The predicted molar refractivity (Wildman–Crippen MR) is 78.1 cm³/mol. The third-order valence-electron chi connectivity index (χ3n) is 3.44. The predicted octanol–water partition coefficient (Wildman–Crippen LogP) is 2.14. The molecule has 0 aliphatic carbocycles. The second kappa shape index (κ2) is 5.58. The summed E-state index contributed by atoms with van der Waals surface area (Å²) in [5, 5.41) is 3.53. The van der Waals surface area contributed by atoms with Gasteiger partial charge in [0.15, 0.2) is 5.65 Å². The summed E-state index contributed by atoms with van der Waals surface area (Å²) in [5.41, 5.74) is 1.55. The Labute approximate surface area is 126 Å². The van der Waals surface area contributed by atoms with Gasteiger partial charge in [-0.25, -0.2) is 9.97 Å². The zero-order chi connectivity index (χ0) is 14.1. The molecule has 0 bridgehead atoms. The van der Waals surface area contributed by atoms with Crippen LogP contribution in [0.2, 0.25) is 5.02 Å². The van der Waals surface area contributed by atoms with Crippen molar-refractivity contribution in [2.45, 2.75) is 31.8 Å². The standard InChI is InChI=1S/C13H14Cl2N4O/c14-4-3-11-18-10-5-8(15)6-16-13(10)19(11)7-9-1-2-12(20)17-9/h5-6,9H,1-4,7H2,(H,17,20). The first-order chi connectivity index (χ1) is 9.67. The second-order valence-electron chi connectivity index (χ2n) is 4.88.